The van der Waals surface area contributed by atoms with Crippen molar-refractivity contribution >= 4 is 17.0 Å². The normalized spacial score (nSPS) is 17.8. The fourth-order valence-corrected chi connectivity index (χ4v) is 3.83. The summed E-state index contributed by atoms with van der Waals surface area (Å²) in [4.78, 5) is 3.67. The van der Waals surface area contributed by atoms with E-state index in [4.69, 9.17) is 5.73 Å². The van der Waals surface area contributed by atoms with Crippen LogP contribution >= 0.6 is 11.3 Å². The average molecular weight is 303 g/mol. The van der Waals surface area contributed by atoms with Gasteiger partial charge in [-0.2, -0.15) is 0 Å². The van der Waals surface area contributed by atoms with E-state index < -0.39 is 0 Å². The van der Waals surface area contributed by atoms with E-state index in [1.54, 1.807) is 17.4 Å². The lowest BCUT2D eigenvalue weighted by molar-refractivity contribution is 0.197. The Morgan fingerprint density at radius 1 is 1.29 bits per heavy atom. The van der Waals surface area contributed by atoms with Gasteiger partial charge in [-0.15, -0.1) is 11.3 Å². The number of rotatable bonds is 3. The van der Waals surface area contributed by atoms with Gasteiger partial charge in [-0.3, -0.25) is 4.90 Å². The number of nitrogen functional groups attached to an aromatic ring is 1. The molecule has 1 aromatic heterocycles. The Morgan fingerprint density at radius 3 is 2.71 bits per heavy atom. The minimum atomic E-state index is 0.0793. The number of hydrogen-bond acceptors (Lipinski definition) is 5. The predicted molar refractivity (Wildman–Crippen MR) is 87.9 cm³/mol. The molecular formula is C16H21N3OS. The summed E-state index contributed by atoms with van der Waals surface area (Å²) in [5.41, 5.74) is 8.41. The Morgan fingerprint density at radius 2 is 2.05 bits per heavy atom. The number of hydrogen-bond donors (Lipinski definition) is 3. The van der Waals surface area contributed by atoms with Crippen LogP contribution in [0.3, 0.4) is 0 Å². The maximum Gasteiger partial charge on any atom is 0.143 e. The van der Waals surface area contributed by atoms with E-state index >= 15 is 0 Å². The van der Waals surface area contributed by atoms with Crippen LogP contribution in [0.25, 0.3) is 0 Å². The molecule has 0 amide bonds. The summed E-state index contributed by atoms with van der Waals surface area (Å²) < 4.78 is 0. The molecule has 2 aromatic rings. The maximum absolute atomic E-state index is 10.5. The third-order valence-electron chi connectivity index (χ3n) is 4.07. The second-order valence-corrected chi connectivity index (χ2v) is 6.42. The smallest absolute Gasteiger partial charge is 0.143 e. The number of thiophene rings is 1. The first-order valence-corrected chi connectivity index (χ1v) is 8.12. The Labute approximate surface area is 129 Å². The lowest BCUT2D eigenvalue weighted by Gasteiger charge is -2.35. The van der Waals surface area contributed by atoms with Crippen molar-refractivity contribution in [1.29, 1.82) is 0 Å². The van der Waals surface area contributed by atoms with Crippen molar-refractivity contribution in [1.82, 2.24) is 10.2 Å². The van der Waals surface area contributed by atoms with Crippen molar-refractivity contribution in [3.05, 3.63) is 45.6 Å². The zero-order valence-corrected chi connectivity index (χ0v) is 13.0. The van der Waals surface area contributed by atoms with E-state index in [9.17, 15) is 5.11 Å². The van der Waals surface area contributed by atoms with Gasteiger partial charge in [-0.1, -0.05) is 12.1 Å². The van der Waals surface area contributed by atoms with E-state index in [0.29, 0.717) is 5.69 Å². The molecule has 0 spiro atoms. The van der Waals surface area contributed by atoms with E-state index in [1.807, 2.05) is 13.0 Å². The number of anilines is 1. The number of piperazine rings is 1. The van der Waals surface area contributed by atoms with Gasteiger partial charge in [0.1, 0.15) is 5.75 Å². The van der Waals surface area contributed by atoms with Gasteiger partial charge in [0.05, 0.1) is 11.7 Å². The first-order valence-electron chi connectivity index (χ1n) is 7.24. The van der Waals surface area contributed by atoms with E-state index in [1.165, 1.54) is 4.88 Å². The molecule has 3 rings (SSSR count). The first kappa shape index (κ1) is 14.4. The van der Waals surface area contributed by atoms with Crippen molar-refractivity contribution in [2.75, 3.05) is 31.9 Å². The van der Waals surface area contributed by atoms with Gasteiger partial charge < -0.3 is 16.2 Å². The topological polar surface area (TPSA) is 61.5 Å². The molecule has 0 radical (unpaired) electrons. The molecule has 2 heterocycles. The Hall–Kier alpha value is -1.56. The average Bonchev–Trinajstić information content (AvgIpc) is 3.02. The molecule has 112 valence electrons. The molecule has 0 saturated carbocycles. The second kappa shape index (κ2) is 6.05. The van der Waals surface area contributed by atoms with Gasteiger partial charge >= 0.3 is 0 Å². The van der Waals surface area contributed by atoms with Gasteiger partial charge in [-0.25, -0.2) is 0 Å². The van der Waals surface area contributed by atoms with E-state index in [-0.39, 0.29) is 11.8 Å². The molecule has 1 aliphatic heterocycles. The molecule has 0 unspecified atom stereocenters. The molecule has 1 aromatic carbocycles. The zero-order valence-electron chi connectivity index (χ0n) is 12.2. The van der Waals surface area contributed by atoms with Gasteiger partial charge in [-0.05, 0) is 30.0 Å². The molecule has 4 N–H and O–H groups in total. The van der Waals surface area contributed by atoms with Crippen LogP contribution in [0.1, 0.15) is 22.0 Å². The first-order chi connectivity index (χ1) is 10.2. The van der Waals surface area contributed by atoms with Gasteiger partial charge in [0.25, 0.3) is 0 Å². The number of phenolic OH excluding ortho intramolecular Hbond substituents is 1. The number of nitrogens with zero attached hydrogens (tertiary/aromatic N) is 1. The SMILES string of the molecule is Cc1ccc(N)c(O)c1[C@@H](c1cccs1)N1CCNCC1. The van der Waals surface area contributed by atoms with Crippen LogP contribution < -0.4 is 11.1 Å². The number of aromatic hydroxyl groups is 1. The third kappa shape index (κ3) is 2.77. The Kier molecular flexibility index (Phi) is 4.14. The molecule has 21 heavy (non-hydrogen) atoms. The molecule has 5 heteroatoms. The number of nitrogens with one attached hydrogen (secondary N) is 1. The van der Waals surface area contributed by atoms with Crippen LogP contribution in [0.15, 0.2) is 29.6 Å². The number of nitrogens with two attached hydrogens (primary N) is 1. The van der Waals surface area contributed by atoms with Gasteiger partial charge in [0.2, 0.25) is 0 Å². The Bertz CT molecular complexity index is 606. The highest BCUT2D eigenvalue weighted by Gasteiger charge is 2.28. The molecular weight excluding hydrogens is 282 g/mol. The summed E-state index contributed by atoms with van der Waals surface area (Å²) in [6, 6.07) is 8.05. The summed E-state index contributed by atoms with van der Waals surface area (Å²) in [6.07, 6.45) is 0. The lowest BCUT2D eigenvalue weighted by atomic mass is 9.96. The fourth-order valence-electron chi connectivity index (χ4n) is 2.96. The van der Waals surface area contributed by atoms with E-state index in [0.717, 1.165) is 37.3 Å². The molecule has 1 atom stereocenters. The number of phenols is 1. The van der Waals surface area contributed by atoms with Crippen LogP contribution in [-0.2, 0) is 0 Å². The third-order valence-corrected chi connectivity index (χ3v) is 4.99. The molecule has 1 saturated heterocycles. The standard InChI is InChI=1S/C16H21N3OS/c1-11-4-5-12(17)16(20)14(11)15(13-3-2-10-21-13)19-8-6-18-7-9-19/h2-5,10,15,18,20H,6-9,17H2,1H3/t15-/m1/s1. The van der Waals surface area contributed by atoms with Crippen molar-refractivity contribution in [2.45, 2.75) is 13.0 Å². The van der Waals surface area contributed by atoms with Crippen LogP contribution in [0.4, 0.5) is 5.69 Å². The molecule has 0 bridgehead atoms. The molecule has 1 fully saturated rings. The number of benzene rings is 1. The minimum Gasteiger partial charge on any atom is -0.505 e. The zero-order chi connectivity index (χ0) is 14.8. The van der Waals surface area contributed by atoms with Crippen molar-refractivity contribution in [3.8, 4) is 5.75 Å². The highest BCUT2D eigenvalue weighted by molar-refractivity contribution is 7.10. The molecule has 4 nitrogen and oxygen atoms in total. The fraction of sp³-hybridized carbons (Fsp3) is 0.375. The van der Waals surface area contributed by atoms with Gasteiger partial charge in [0.15, 0.2) is 0 Å². The lowest BCUT2D eigenvalue weighted by Crippen LogP contribution is -2.45. The van der Waals surface area contributed by atoms with Crippen molar-refractivity contribution < 1.29 is 5.11 Å². The van der Waals surface area contributed by atoms with Crippen LogP contribution in [-0.4, -0.2) is 36.2 Å². The summed E-state index contributed by atoms with van der Waals surface area (Å²) in [5, 5.41) is 16.0. The summed E-state index contributed by atoms with van der Waals surface area (Å²) >= 11 is 1.73. The molecule has 1 aliphatic rings. The maximum atomic E-state index is 10.5. The monoisotopic (exact) mass is 303 g/mol. The van der Waals surface area contributed by atoms with Crippen molar-refractivity contribution in [3.63, 3.8) is 0 Å². The molecule has 0 aliphatic carbocycles. The van der Waals surface area contributed by atoms with Gasteiger partial charge in [0, 0.05) is 36.6 Å². The summed E-state index contributed by atoms with van der Waals surface area (Å²) in [5.74, 6) is 0.229. The van der Waals surface area contributed by atoms with Crippen LogP contribution in [0, 0.1) is 6.92 Å². The highest BCUT2D eigenvalue weighted by atomic mass is 32.1. The number of aryl methyl sites for hydroxylation is 1. The van der Waals surface area contributed by atoms with Crippen molar-refractivity contribution in [2.24, 2.45) is 0 Å². The van der Waals surface area contributed by atoms with Crippen LogP contribution in [0.2, 0.25) is 0 Å². The quantitative estimate of drug-likeness (QED) is 0.602. The summed E-state index contributed by atoms with van der Waals surface area (Å²) in [7, 11) is 0. The predicted octanol–water partition coefficient (Wildman–Crippen LogP) is 2.34. The van der Waals surface area contributed by atoms with E-state index in [2.05, 4.69) is 27.7 Å². The minimum absolute atomic E-state index is 0.0793. The second-order valence-electron chi connectivity index (χ2n) is 5.44. The van der Waals surface area contributed by atoms with Crippen LogP contribution in [0.5, 0.6) is 5.75 Å². The highest BCUT2D eigenvalue weighted by Crippen LogP contribution is 2.40. The largest absolute Gasteiger partial charge is 0.505 e. The summed E-state index contributed by atoms with van der Waals surface area (Å²) in [6.45, 7) is 5.93. The Balaban J connectivity index is 2.09.